The molecule has 1 rings (SSSR count). The van der Waals surface area contributed by atoms with E-state index in [9.17, 15) is 26.3 Å². The first-order valence-electron chi connectivity index (χ1n) is 5.91. The number of nitrogens with two attached hydrogens (primary N) is 1. The van der Waals surface area contributed by atoms with Crippen LogP contribution in [0.3, 0.4) is 0 Å². The van der Waals surface area contributed by atoms with Crippen LogP contribution < -0.4 is 11.3 Å². The van der Waals surface area contributed by atoms with Gasteiger partial charge in [-0.25, -0.2) is 0 Å². The molecular weight excluding hydrogens is 302 g/mol. The molecule has 9 heteroatoms. The van der Waals surface area contributed by atoms with Crippen molar-refractivity contribution >= 4 is 0 Å². The van der Waals surface area contributed by atoms with Gasteiger partial charge in [-0.05, 0) is 24.1 Å². The Balaban J connectivity index is 2.64. The summed E-state index contributed by atoms with van der Waals surface area (Å²) >= 11 is 0. The van der Waals surface area contributed by atoms with Gasteiger partial charge >= 0.3 is 12.4 Å². The van der Waals surface area contributed by atoms with E-state index in [0.717, 1.165) is 12.1 Å². The second kappa shape index (κ2) is 7.10. The molecule has 1 atom stereocenters. The summed E-state index contributed by atoms with van der Waals surface area (Å²) < 4.78 is 77.8. The smallest absolute Gasteiger partial charge is 0.372 e. The van der Waals surface area contributed by atoms with Crippen LogP contribution in [0.5, 0.6) is 0 Å². The summed E-state index contributed by atoms with van der Waals surface area (Å²) in [6.45, 7) is -1.70. The van der Waals surface area contributed by atoms with E-state index in [1.807, 2.05) is 0 Å². The quantitative estimate of drug-likeness (QED) is 0.367. The van der Waals surface area contributed by atoms with Gasteiger partial charge in [0, 0.05) is 12.6 Å². The monoisotopic (exact) mass is 316 g/mol. The first-order chi connectivity index (χ1) is 9.63. The van der Waals surface area contributed by atoms with Gasteiger partial charge in [-0.15, -0.1) is 0 Å². The molecule has 0 heterocycles. The molecule has 0 saturated carbocycles. The largest absolute Gasteiger partial charge is 0.416 e. The summed E-state index contributed by atoms with van der Waals surface area (Å²) in [5.74, 6) is 5.22. The molecule has 0 aliphatic heterocycles. The van der Waals surface area contributed by atoms with Crippen molar-refractivity contribution in [3.05, 3.63) is 35.4 Å². The summed E-state index contributed by atoms with van der Waals surface area (Å²) in [6.07, 6.45) is -8.93. The highest BCUT2D eigenvalue weighted by Crippen LogP contribution is 2.31. The molecule has 1 aromatic carbocycles. The maximum atomic E-state index is 12.6. The van der Waals surface area contributed by atoms with Gasteiger partial charge in [-0.1, -0.05) is 12.1 Å². The Morgan fingerprint density at radius 2 is 1.81 bits per heavy atom. The molecule has 0 aliphatic rings. The number of nitrogens with one attached hydrogen (secondary N) is 1. The minimum Gasteiger partial charge on any atom is -0.372 e. The van der Waals surface area contributed by atoms with Crippen LogP contribution in [0.1, 0.15) is 23.6 Å². The van der Waals surface area contributed by atoms with Gasteiger partial charge in [0.25, 0.3) is 0 Å². The number of hydrogen-bond donors (Lipinski definition) is 2. The average Bonchev–Trinajstić information content (AvgIpc) is 2.37. The summed E-state index contributed by atoms with van der Waals surface area (Å²) in [6, 6.07) is 3.68. The van der Waals surface area contributed by atoms with E-state index in [1.165, 1.54) is 12.1 Å². The van der Waals surface area contributed by atoms with Crippen molar-refractivity contribution < 1.29 is 31.1 Å². The molecule has 1 aromatic rings. The van der Waals surface area contributed by atoms with Crippen molar-refractivity contribution in [1.29, 1.82) is 0 Å². The number of alkyl halides is 6. The minimum absolute atomic E-state index is 0.00783. The van der Waals surface area contributed by atoms with Crippen LogP contribution in [-0.4, -0.2) is 19.4 Å². The van der Waals surface area contributed by atoms with Gasteiger partial charge in [-0.3, -0.25) is 11.3 Å². The van der Waals surface area contributed by atoms with E-state index >= 15 is 0 Å². The molecule has 0 fully saturated rings. The Labute approximate surface area is 117 Å². The lowest BCUT2D eigenvalue weighted by molar-refractivity contribution is -0.174. The van der Waals surface area contributed by atoms with Crippen molar-refractivity contribution in [2.75, 3.05) is 13.2 Å². The molecule has 21 heavy (non-hydrogen) atoms. The molecule has 3 N–H and O–H groups in total. The predicted molar refractivity (Wildman–Crippen MR) is 63.0 cm³/mol. The first-order valence-corrected chi connectivity index (χ1v) is 5.91. The first kappa shape index (κ1) is 17.7. The average molecular weight is 316 g/mol. The van der Waals surface area contributed by atoms with E-state index in [-0.39, 0.29) is 18.6 Å². The van der Waals surface area contributed by atoms with Crippen LogP contribution in [0.2, 0.25) is 0 Å². The van der Waals surface area contributed by atoms with E-state index in [0.29, 0.717) is 0 Å². The second-order valence-corrected chi connectivity index (χ2v) is 4.30. The van der Waals surface area contributed by atoms with Gasteiger partial charge in [0.15, 0.2) is 0 Å². The molecule has 0 spiro atoms. The topological polar surface area (TPSA) is 47.3 Å². The van der Waals surface area contributed by atoms with Gasteiger partial charge in [-0.2, -0.15) is 26.3 Å². The van der Waals surface area contributed by atoms with Crippen LogP contribution in [-0.2, 0) is 10.9 Å². The Kier molecular flexibility index (Phi) is 5.99. The standard InChI is InChI=1S/C12H14F6N2O/c13-11(14,15)7-21-5-4-10(20-19)8-2-1-3-9(6-8)12(16,17)18/h1-3,6,10,20H,4-5,7,19H2. The summed E-state index contributed by atoms with van der Waals surface area (Å²) in [7, 11) is 0. The molecule has 120 valence electrons. The highest BCUT2D eigenvalue weighted by molar-refractivity contribution is 5.27. The minimum atomic E-state index is -4.50. The van der Waals surface area contributed by atoms with Crippen LogP contribution in [0.25, 0.3) is 0 Å². The molecule has 1 unspecified atom stereocenters. The van der Waals surface area contributed by atoms with Crippen LogP contribution in [0, 0.1) is 0 Å². The summed E-state index contributed by atoms with van der Waals surface area (Å²) in [5, 5.41) is 0. The SMILES string of the molecule is NNC(CCOCC(F)(F)F)c1cccc(C(F)(F)F)c1. The maximum Gasteiger partial charge on any atom is 0.416 e. The fourth-order valence-electron chi connectivity index (χ4n) is 1.67. The number of rotatable bonds is 6. The van der Waals surface area contributed by atoms with Crippen molar-refractivity contribution in [2.45, 2.75) is 24.8 Å². The van der Waals surface area contributed by atoms with E-state index < -0.39 is 30.6 Å². The van der Waals surface area contributed by atoms with Crippen molar-refractivity contribution in [3.8, 4) is 0 Å². The lowest BCUT2D eigenvalue weighted by atomic mass is 10.0. The lowest BCUT2D eigenvalue weighted by Crippen LogP contribution is -2.29. The third-order valence-electron chi connectivity index (χ3n) is 2.63. The Morgan fingerprint density at radius 1 is 1.14 bits per heavy atom. The van der Waals surface area contributed by atoms with Crippen molar-refractivity contribution in [3.63, 3.8) is 0 Å². The molecule has 0 aromatic heterocycles. The lowest BCUT2D eigenvalue weighted by Gasteiger charge is -2.18. The number of ether oxygens (including phenoxy) is 1. The third kappa shape index (κ3) is 6.32. The normalized spacial score (nSPS) is 14.2. The van der Waals surface area contributed by atoms with Crippen molar-refractivity contribution in [2.24, 2.45) is 5.84 Å². The predicted octanol–water partition coefficient (Wildman–Crippen LogP) is 3.18. The molecule has 3 nitrogen and oxygen atoms in total. The molecule has 0 amide bonds. The van der Waals surface area contributed by atoms with Gasteiger partial charge < -0.3 is 4.74 Å². The Bertz CT molecular complexity index is 446. The Hall–Kier alpha value is -1.32. The maximum absolute atomic E-state index is 12.6. The molecule has 0 saturated heterocycles. The number of hydrogen-bond acceptors (Lipinski definition) is 3. The van der Waals surface area contributed by atoms with Crippen molar-refractivity contribution in [1.82, 2.24) is 5.43 Å². The zero-order valence-electron chi connectivity index (χ0n) is 10.8. The van der Waals surface area contributed by atoms with Crippen LogP contribution >= 0.6 is 0 Å². The molecule has 0 radical (unpaired) electrons. The third-order valence-corrected chi connectivity index (χ3v) is 2.63. The highest BCUT2D eigenvalue weighted by atomic mass is 19.4. The Morgan fingerprint density at radius 3 is 2.33 bits per heavy atom. The highest BCUT2D eigenvalue weighted by Gasteiger charge is 2.31. The fourth-order valence-corrected chi connectivity index (χ4v) is 1.67. The summed E-state index contributed by atoms with van der Waals surface area (Å²) in [5.41, 5.74) is 1.64. The van der Waals surface area contributed by atoms with E-state index in [1.54, 1.807) is 0 Å². The zero-order valence-corrected chi connectivity index (χ0v) is 10.8. The second-order valence-electron chi connectivity index (χ2n) is 4.30. The fraction of sp³-hybridized carbons (Fsp3) is 0.500. The van der Waals surface area contributed by atoms with Crippen LogP contribution in [0.4, 0.5) is 26.3 Å². The van der Waals surface area contributed by atoms with E-state index in [4.69, 9.17) is 5.84 Å². The van der Waals surface area contributed by atoms with Gasteiger partial charge in [0.1, 0.15) is 6.61 Å². The number of halogens is 6. The van der Waals surface area contributed by atoms with Gasteiger partial charge in [0.05, 0.1) is 5.56 Å². The molecule has 0 aliphatic carbocycles. The zero-order chi connectivity index (χ0) is 16.1. The number of hydrazine groups is 1. The van der Waals surface area contributed by atoms with Crippen LogP contribution in [0.15, 0.2) is 24.3 Å². The van der Waals surface area contributed by atoms with Gasteiger partial charge in [0.2, 0.25) is 0 Å². The van der Waals surface area contributed by atoms with E-state index in [2.05, 4.69) is 10.2 Å². The molecule has 0 bridgehead atoms. The summed E-state index contributed by atoms with van der Waals surface area (Å²) in [4.78, 5) is 0. The number of benzene rings is 1. The molecular formula is C12H14F6N2O.